The van der Waals surface area contributed by atoms with Crippen molar-refractivity contribution in [2.75, 3.05) is 6.54 Å². The van der Waals surface area contributed by atoms with E-state index in [4.69, 9.17) is 5.26 Å². The Morgan fingerprint density at radius 1 is 1.47 bits per heavy atom. The number of H-pyrrole nitrogens is 1. The number of nitriles is 1. The quantitative estimate of drug-likeness (QED) is 0.819. The fraction of sp³-hybridized carbons (Fsp3) is 0.385. The lowest BCUT2D eigenvalue weighted by atomic mass is 10.1. The number of benzene rings is 1. The van der Waals surface area contributed by atoms with Gasteiger partial charge in [-0.2, -0.15) is 5.26 Å². The number of rotatable bonds is 2. The SMILES string of the molecule is N#Cc1ccc2nc(CC3CCCN3)[nH]c2c1. The number of fused-ring (bicyclic) bond motifs is 1. The van der Waals surface area contributed by atoms with Gasteiger partial charge in [0, 0.05) is 12.5 Å². The fourth-order valence-electron chi connectivity index (χ4n) is 2.39. The Labute approximate surface area is 99.7 Å². The van der Waals surface area contributed by atoms with Gasteiger partial charge in [0.25, 0.3) is 0 Å². The second kappa shape index (κ2) is 4.19. The average molecular weight is 226 g/mol. The van der Waals surface area contributed by atoms with Gasteiger partial charge in [-0.15, -0.1) is 0 Å². The Morgan fingerprint density at radius 2 is 2.41 bits per heavy atom. The zero-order valence-electron chi connectivity index (χ0n) is 9.53. The molecule has 2 N–H and O–H groups in total. The van der Waals surface area contributed by atoms with Crippen LogP contribution in [0.5, 0.6) is 0 Å². The van der Waals surface area contributed by atoms with E-state index in [1.165, 1.54) is 12.8 Å². The van der Waals surface area contributed by atoms with Crippen LogP contribution < -0.4 is 5.32 Å². The van der Waals surface area contributed by atoms with Crippen molar-refractivity contribution < 1.29 is 0 Å². The Morgan fingerprint density at radius 3 is 3.18 bits per heavy atom. The molecular weight excluding hydrogens is 212 g/mol. The van der Waals surface area contributed by atoms with Crippen LogP contribution in [-0.4, -0.2) is 22.6 Å². The zero-order valence-corrected chi connectivity index (χ0v) is 9.53. The summed E-state index contributed by atoms with van der Waals surface area (Å²) < 4.78 is 0. The van der Waals surface area contributed by atoms with Crippen molar-refractivity contribution in [3.63, 3.8) is 0 Å². The normalized spacial score (nSPS) is 19.6. The van der Waals surface area contributed by atoms with Crippen LogP contribution in [0.4, 0.5) is 0 Å². The van der Waals surface area contributed by atoms with E-state index in [-0.39, 0.29) is 0 Å². The lowest BCUT2D eigenvalue weighted by molar-refractivity contribution is 0.589. The van der Waals surface area contributed by atoms with Gasteiger partial charge in [0.15, 0.2) is 0 Å². The molecule has 4 heteroatoms. The monoisotopic (exact) mass is 226 g/mol. The van der Waals surface area contributed by atoms with Gasteiger partial charge < -0.3 is 10.3 Å². The van der Waals surface area contributed by atoms with Gasteiger partial charge in [-0.25, -0.2) is 4.98 Å². The molecule has 1 aliphatic rings. The maximum Gasteiger partial charge on any atom is 0.108 e. The summed E-state index contributed by atoms with van der Waals surface area (Å²) in [6, 6.07) is 8.25. The summed E-state index contributed by atoms with van der Waals surface area (Å²) in [5.74, 6) is 1.01. The highest BCUT2D eigenvalue weighted by atomic mass is 15.0. The van der Waals surface area contributed by atoms with Gasteiger partial charge in [-0.1, -0.05) is 0 Å². The fourth-order valence-corrected chi connectivity index (χ4v) is 2.39. The first kappa shape index (κ1) is 10.3. The van der Waals surface area contributed by atoms with Crippen molar-refractivity contribution in [3.8, 4) is 6.07 Å². The number of hydrogen-bond acceptors (Lipinski definition) is 3. The summed E-state index contributed by atoms with van der Waals surface area (Å²) in [7, 11) is 0. The highest BCUT2D eigenvalue weighted by molar-refractivity contribution is 5.76. The maximum absolute atomic E-state index is 8.84. The minimum absolute atomic E-state index is 0.547. The van der Waals surface area contributed by atoms with Crippen molar-refractivity contribution in [2.45, 2.75) is 25.3 Å². The molecule has 4 nitrogen and oxygen atoms in total. The molecule has 1 fully saturated rings. The molecule has 1 aromatic heterocycles. The number of imidazole rings is 1. The number of nitrogens with zero attached hydrogens (tertiary/aromatic N) is 2. The maximum atomic E-state index is 8.84. The van der Waals surface area contributed by atoms with E-state index >= 15 is 0 Å². The minimum Gasteiger partial charge on any atom is -0.342 e. The van der Waals surface area contributed by atoms with Gasteiger partial charge in [0.1, 0.15) is 5.82 Å². The number of aromatic amines is 1. The van der Waals surface area contributed by atoms with Crippen LogP contribution in [0.25, 0.3) is 11.0 Å². The molecule has 2 aromatic rings. The van der Waals surface area contributed by atoms with E-state index in [0.29, 0.717) is 11.6 Å². The van der Waals surface area contributed by atoms with E-state index in [9.17, 15) is 0 Å². The second-order valence-electron chi connectivity index (χ2n) is 4.52. The molecule has 0 amide bonds. The van der Waals surface area contributed by atoms with Gasteiger partial charge in [0.05, 0.1) is 22.7 Å². The summed E-state index contributed by atoms with van der Waals surface area (Å²) in [6.07, 6.45) is 3.42. The zero-order chi connectivity index (χ0) is 11.7. The predicted molar refractivity (Wildman–Crippen MR) is 65.5 cm³/mol. The molecule has 2 heterocycles. The molecule has 0 radical (unpaired) electrons. The molecule has 86 valence electrons. The molecule has 1 atom stereocenters. The van der Waals surface area contributed by atoms with E-state index in [0.717, 1.165) is 29.8 Å². The van der Waals surface area contributed by atoms with Gasteiger partial charge >= 0.3 is 0 Å². The molecule has 0 saturated carbocycles. The van der Waals surface area contributed by atoms with Gasteiger partial charge in [0.2, 0.25) is 0 Å². The Hall–Kier alpha value is -1.86. The molecule has 0 bridgehead atoms. The summed E-state index contributed by atoms with van der Waals surface area (Å²) in [6.45, 7) is 1.11. The molecule has 1 aromatic carbocycles. The molecule has 1 aliphatic heterocycles. The Bertz CT molecular complexity index is 573. The second-order valence-corrected chi connectivity index (χ2v) is 4.52. The van der Waals surface area contributed by atoms with Crippen molar-refractivity contribution in [2.24, 2.45) is 0 Å². The van der Waals surface area contributed by atoms with Crippen molar-refractivity contribution in [3.05, 3.63) is 29.6 Å². The van der Waals surface area contributed by atoms with Crippen molar-refractivity contribution >= 4 is 11.0 Å². The number of hydrogen-bond donors (Lipinski definition) is 2. The Kier molecular flexibility index (Phi) is 2.54. The first-order chi connectivity index (χ1) is 8.35. The van der Waals surface area contributed by atoms with Crippen molar-refractivity contribution in [1.29, 1.82) is 5.26 Å². The molecule has 3 rings (SSSR count). The van der Waals surface area contributed by atoms with Crippen LogP contribution >= 0.6 is 0 Å². The summed E-state index contributed by atoms with van der Waals surface area (Å²) in [5.41, 5.74) is 2.57. The van der Waals surface area contributed by atoms with Crippen LogP contribution in [0, 0.1) is 11.3 Å². The van der Waals surface area contributed by atoms with Gasteiger partial charge in [-0.3, -0.25) is 0 Å². The third-order valence-corrected chi connectivity index (χ3v) is 3.26. The molecular formula is C13H14N4. The highest BCUT2D eigenvalue weighted by Gasteiger charge is 2.16. The number of nitrogens with one attached hydrogen (secondary N) is 2. The molecule has 1 unspecified atom stereocenters. The molecule has 0 aliphatic carbocycles. The molecule has 0 spiro atoms. The van der Waals surface area contributed by atoms with Gasteiger partial charge in [-0.05, 0) is 37.6 Å². The van der Waals surface area contributed by atoms with E-state index in [1.54, 1.807) is 6.07 Å². The smallest absolute Gasteiger partial charge is 0.108 e. The van der Waals surface area contributed by atoms with E-state index in [2.05, 4.69) is 21.4 Å². The van der Waals surface area contributed by atoms with Crippen LogP contribution in [-0.2, 0) is 6.42 Å². The third kappa shape index (κ3) is 2.02. The van der Waals surface area contributed by atoms with E-state index < -0.39 is 0 Å². The predicted octanol–water partition coefficient (Wildman–Crippen LogP) is 1.73. The summed E-state index contributed by atoms with van der Waals surface area (Å²) in [4.78, 5) is 7.84. The highest BCUT2D eigenvalue weighted by Crippen LogP contribution is 2.16. The third-order valence-electron chi connectivity index (χ3n) is 3.26. The topological polar surface area (TPSA) is 64.5 Å². The van der Waals surface area contributed by atoms with Crippen LogP contribution in [0.1, 0.15) is 24.2 Å². The Balaban J connectivity index is 1.88. The minimum atomic E-state index is 0.547. The first-order valence-corrected chi connectivity index (χ1v) is 5.97. The van der Waals surface area contributed by atoms with E-state index in [1.807, 2.05) is 12.1 Å². The van der Waals surface area contributed by atoms with Crippen molar-refractivity contribution in [1.82, 2.24) is 15.3 Å². The molecule has 1 saturated heterocycles. The van der Waals surface area contributed by atoms with Crippen LogP contribution in [0.2, 0.25) is 0 Å². The number of aromatic nitrogens is 2. The molecule has 17 heavy (non-hydrogen) atoms. The standard InChI is InChI=1S/C13H14N4/c14-8-9-3-4-11-12(6-9)17-13(16-11)7-10-2-1-5-15-10/h3-4,6,10,15H,1-2,5,7H2,(H,16,17). The first-order valence-electron chi connectivity index (χ1n) is 5.97. The largest absolute Gasteiger partial charge is 0.342 e. The average Bonchev–Trinajstić information content (AvgIpc) is 2.96. The van der Waals surface area contributed by atoms with Crippen LogP contribution in [0.15, 0.2) is 18.2 Å². The van der Waals surface area contributed by atoms with Crippen LogP contribution in [0.3, 0.4) is 0 Å². The summed E-state index contributed by atoms with van der Waals surface area (Å²) >= 11 is 0. The lowest BCUT2D eigenvalue weighted by Gasteiger charge is -2.06. The summed E-state index contributed by atoms with van der Waals surface area (Å²) in [5, 5.41) is 12.3. The lowest BCUT2D eigenvalue weighted by Crippen LogP contribution is -2.24.